The number of nitrogens with one attached hydrogen (secondary N) is 2. The van der Waals surface area contributed by atoms with Crippen LogP contribution in [-0.2, 0) is 6.18 Å². The SMILES string of the molecule is COc1cc(Cl)ccc1C(=O)NNC(=O)c1ccc(C(F)(F)F)nc1. The molecule has 0 bridgehead atoms. The normalized spacial score (nSPS) is 10.9. The topological polar surface area (TPSA) is 80.3 Å². The quantitative estimate of drug-likeness (QED) is 0.811. The molecule has 0 atom stereocenters. The van der Waals surface area contributed by atoms with Crippen molar-refractivity contribution >= 4 is 23.4 Å². The van der Waals surface area contributed by atoms with Gasteiger partial charge in [-0.1, -0.05) is 11.6 Å². The highest BCUT2D eigenvalue weighted by atomic mass is 35.5. The zero-order valence-corrected chi connectivity index (χ0v) is 13.4. The summed E-state index contributed by atoms with van der Waals surface area (Å²) >= 11 is 5.78. The van der Waals surface area contributed by atoms with E-state index >= 15 is 0 Å². The molecule has 0 aliphatic carbocycles. The third-order valence-electron chi connectivity index (χ3n) is 3.01. The van der Waals surface area contributed by atoms with Crippen LogP contribution in [0.15, 0.2) is 36.5 Å². The van der Waals surface area contributed by atoms with Crippen LogP contribution in [0.1, 0.15) is 26.4 Å². The molecule has 0 saturated heterocycles. The van der Waals surface area contributed by atoms with Crippen molar-refractivity contribution in [3.05, 3.63) is 58.4 Å². The number of methoxy groups -OCH3 is 1. The van der Waals surface area contributed by atoms with Crippen molar-refractivity contribution < 1.29 is 27.5 Å². The van der Waals surface area contributed by atoms with Gasteiger partial charge in [0.15, 0.2) is 0 Å². The van der Waals surface area contributed by atoms with Gasteiger partial charge in [0.25, 0.3) is 11.8 Å². The van der Waals surface area contributed by atoms with Crippen molar-refractivity contribution in [2.75, 3.05) is 7.11 Å². The summed E-state index contributed by atoms with van der Waals surface area (Å²) in [4.78, 5) is 27.1. The fraction of sp³-hybridized carbons (Fsp3) is 0.133. The minimum atomic E-state index is -4.60. The van der Waals surface area contributed by atoms with Gasteiger partial charge in [0, 0.05) is 11.2 Å². The molecule has 1 aromatic heterocycles. The number of benzene rings is 1. The standard InChI is InChI=1S/C15H11ClF3N3O3/c1-25-11-6-9(16)3-4-10(11)14(24)22-21-13(23)8-2-5-12(20-7-8)15(17,18)19/h2-7H,1H3,(H,21,23)(H,22,24). The van der Waals surface area contributed by atoms with Crippen molar-refractivity contribution in [3.63, 3.8) is 0 Å². The number of aromatic nitrogens is 1. The van der Waals surface area contributed by atoms with E-state index in [4.69, 9.17) is 16.3 Å². The van der Waals surface area contributed by atoms with Gasteiger partial charge >= 0.3 is 6.18 Å². The number of pyridine rings is 1. The third kappa shape index (κ3) is 4.60. The number of hydrogen-bond acceptors (Lipinski definition) is 4. The van der Waals surface area contributed by atoms with Gasteiger partial charge < -0.3 is 4.74 Å². The van der Waals surface area contributed by atoms with Crippen molar-refractivity contribution in [3.8, 4) is 5.75 Å². The first kappa shape index (κ1) is 18.5. The first-order valence-electron chi connectivity index (χ1n) is 6.70. The van der Waals surface area contributed by atoms with E-state index in [-0.39, 0.29) is 16.9 Å². The number of carbonyl (C=O) groups excluding carboxylic acids is 2. The van der Waals surface area contributed by atoms with Gasteiger partial charge in [0.05, 0.1) is 18.2 Å². The number of amides is 2. The van der Waals surface area contributed by atoms with Gasteiger partial charge in [0.2, 0.25) is 0 Å². The van der Waals surface area contributed by atoms with Gasteiger partial charge in [-0.15, -0.1) is 0 Å². The van der Waals surface area contributed by atoms with Crippen LogP contribution in [0.25, 0.3) is 0 Å². The molecule has 6 nitrogen and oxygen atoms in total. The molecule has 0 aliphatic heterocycles. The summed E-state index contributed by atoms with van der Waals surface area (Å²) in [6.45, 7) is 0. The molecule has 0 fully saturated rings. The minimum Gasteiger partial charge on any atom is -0.496 e. The molecule has 1 aromatic carbocycles. The Hall–Kier alpha value is -2.81. The number of hydrazine groups is 1. The Labute approximate surface area is 144 Å². The number of hydrogen-bond donors (Lipinski definition) is 2. The molecule has 2 aromatic rings. The lowest BCUT2D eigenvalue weighted by Gasteiger charge is -2.11. The maximum absolute atomic E-state index is 12.4. The molecule has 0 saturated carbocycles. The number of halogens is 4. The Balaban J connectivity index is 2.03. The van der Waals surface area contributed by atoms with Crippen molar-refractivity contribution in [2.45, 2.75) is 6.18 Å². The fourth-order valence-electron chi connectivity index (χ4n) is 1.80. The molecule has 0 aliphatic rings. The summed E-state index contributed by atoms with van der Waals surface area (Å²) in [6.07, 6.45) is -3.85. The predicted molar refractivity (Wildman–Crippen MR) is 82.2 cm³/mol. The Morgan fingerprint density at radius 3 is 2.36 bits per heavy atom. The summed E-state index contributed by atoms with van der Waals surface area (Å²) in [5, 5.41) is 0.355. The summed E-state index contributed by atoms with van der Waals surface area (Å²) < 4.78 is 42.3. The highest BCUT2D eigenvalue weighted by molar-refractivity contribution is 6.30. The van der Waals surface area contributed by atoms with Crippen LogP contribution in [-0.4, -0.2) is 23.9 Å². The zero-order chi connectivity index (χ0) is 18.6. The van der Waals surface area contributed by atoms with Gasteiger partial charge in [-0.25, -0.2) is 0 Å². The summed E-state index contributed by atoms with van der Waals surface area (Å²) in [5.41, 5.74) is 3.02. The first-order valence-corrected chi connectivity index (χ1v) is 7.07. The van der Waals surface area contributed by atoms with Crippen LogP contribution in [0.3, 0.4) is 0 Å². The van der Waals surface area contributed by atoms with Gasteiger partial charge in [0.1, 0.15) is 11.4 Å². The van der Waals surface area contributed by atoms with E-state index in [1.165, 1.54) is 25.3 Å². The van der Waals surface area contributed by atoms with Crippen molar-refractivity contribution in [1.82, 2.24) is 15.8 Å². The molecule has 2 rings (SSSR count). The average molecular weight is 374 g/mol. The maximum atomic E-state index is 12.4. The molecule has 132 valence electrons. The molecular weight excluding hydrogens is 363 g/mol. The van der Waals surface area contributed by atoms with E-state index in [9.17, 15) is 22.8 Å². The van der Waals surface area contributed by atoms with Crippen LogP contribution in [0.4, 0.5) is 13.2 Å². The van der Waals surface area contributed by atoms with Gasteiger partial charge in [-0.05, 0) is 30.3 Å². The molecule has 25 heavy (non-hydrogen) atoms. The third-order valence-corrected chi connectivity index (χ3v) is 3.25. The van der Waals surface area contributed by atoms with E-state index in [1.807, 2.05) is 0 Å². The zero-order valence-electron chi connectivity index (χ0n) is 12.6. The second-order valence-corrected chi connectivity index (χ2v) is 5.12. The highest BCUT2D eigenvalue weighted by Gasteiger charge is 2.32. The second-order valence-electron chi connectivity index (χ2n) is 4.68. The van der Waals surface area contributed by atoms with Crippen LogP contribution in [0.5, 0.6) is 5.75 Å². The summed E-state index contributed by atoms with van der Waals surface area (Å²) in [5.74, 6) is -1.33. The molecule has 0 unspecified atom stereocenters. The van der Waals surface area contributed by atoms with E-state index in [2.05, 4.69) is 15.8 Å². The molecule has 0 radical (unpaired) electrons. The Kier molecular flexibility index (Phi) is 5.48. The number of rotatable bonds is 3. The van der Waals surface area contributed by atoms with Gasteiger partial charge in [-0.3, -0.25) is 25.4 Å². The number of nitrogens with zero attached hydrogens (tertiary/aromatic N) is 1. The molecule has 10 heteroatoms. The molecule has 2 N–H and O–H groups in total. The predicted octanol–water partition coefficient (Wildman–Crippen LogP) is 2.84. The van der Waals surface area contributed by atoms with Crippen LogP contribution in [0.2, 0.25) is 5.02 Å². The van der Waals surface area contributed by atoms with Crippen molar-refractivity contribution in [1.29, 1.82) is 0 Å². The highest BCUT2D eigenvalue weighted by Crippen LogP contribution is 2.27. The van der Waals surface area contributed by atoms with E-state index in [0.717, 1.165) is 12.3 Å². The fourth-order valence-corrected chi connectivity index (χ4v) is 1.96. The van der Waals surface area contributed by atoms with E-state index < -0.39 is 23.7 Å². The lowest BCUT2D eigenvalue weighted by atomic mass is 10.2. The smallest absolute Gasteiger partial charge is 0.433 e. The lowest BCUT2D eigenvalue weighted by molar-refractivity contribution is -0.141. The Bertz CT molecular complexity index is 795. The molecule has 1 heterocycles. The van der Waals surface area contributed by atoms with E-state index in [0.29, 0.717) is 11.1 Å². The second kappa shape index (κ2) is 7.39. The first-order chi connectivity index (χ1) is 11.7. The summed E-state index contributed by atoms with van der Waals surface area (Å²) in [7, 11) is 1.34. The summed E-state index contributed by atoms with van der Waals surface area (Å²) in [6, 6.07) is 5.88. The van der Waals surface area contributed by atoms with Gasteiger partial charge in [-0.2, -0.15) is 13.2 Å². The largest absolute Gasteiger partial charge is 0.496 e. The average Bonchev–Trinajstić information content (AvgIpc) is 2.58. The number of ether oxygens (including phenoxy) is 1. The minimum absolute atomic E-state index is 0.109. The lowest BCUT2D eigenvalue weighted by Crippen LogP contribution is -2.41. The Morgan fingerprint density at radius 1 is 1.12 bits per heavy atom. The molecular formula is C15H11ClF3N3O3. The van der Waals surface area contributed by atoms with Crippen LogP contribution >= 0.6 is 11.6 Å². The Morgan fingerprint density at radius 2 is 1.80 bits per heavy atom. The molecule has 2 amide bonds. The number of carbonyl (C=O) groups is 2. The van der Waals surface area contributed by atoms with Crippen molar-refractivity contribution in [2.24, 2.45) is 0 Å². The van der Waals surface area contributed by atoms with Crippen LogP contribution < -0.4 is 15.6 Å². The monoisotopic (exact) mass is 373 g/mol. The maximum Gasteiger partial charge on any atom is 0.433 e. The van der Waals surface area contributed by atoms with Crippen LogP contribution in [0, 0.1) is 0 Å². The number of alkyl halides is 3. The molecule has 0 spiro atoms. The van der Waals surface area contributed by atoms with E-state index in [1.54, 1.807) is 0 Å².